The Balaban J connectivity index is 1.46. The minimum atomic E-state index is -0.221. The second-order valence-corrected chi connectivity index (χ2v) is 7.01. The Hall–Kier alpha value is -2.48. The molecule has 3 amide bonds. The largest absolute Gasteiger partial charge is 0.486 e. The van der Waals surface area contributed by atoms with Crippen molar-refractivity contribution in [2.75, 3.05) is 50.8 Å². The van der Waals surface area contributed by atoms with Gasteiger partial charge in [-0.2, -0.15) is 0 Å². The number of hydrogen-bond acceptors (Lipinski definition) is 5. The third-order valence-electron chi connectivity index (χ3n) is 5.13. The zero-order valence-electron chi connectivity index (χ0n) is 16.7. The molecule has 2 aliphatic rings. The van der Waals surface area contributed by atoms with Gasteiger partial charge in [-0.25, -0.2) is 4.79 Å². The molecule has 0 unspecified atom stereocenters. The molecule has 0 aliphatic carbocycles. The molecule has 8 nitrogen and oxygen atoms in total. The van der Waals surface area contributed by atoms with E-state index in [0.717, 1.165) is 31.7 Å². The van der Waals surface area contributed by atoms with Crippen LogP contribution in [0.3, 0.4) is 0 Å². The number of rotatable bonds is 8. The molecule has 1 saturated heterocycles. The lowest BCUT2D eigenvalue weighted by molar-refractivity contribution is -0.117. The van der Waals surface area contributed by atoms with Crippen molar-refractivity contribution in [1.82, 2.24) is 15.5 Å². The van der Waals surface area contributed by atoms with Gasteiger partial charge in [-0.15, -0.1) is 0 Å². The zero-order valence-corrected chi connectivity index (χ0v) is 16.7. The molecule has 2 N–H and O–H groups in total. The highest BCUT2D eigenvalue weighted by Gasteiger charge is 2.32. The van der Waals surface area contributed by atoms with E-state index in [-0.39, 0.29) is 18.0 Å². The smallest absolute Gasteiger partial charge is 0.315 e. The summed E-state index contributed by atoms with van der Waals surface area (Å²) in [6, 6.07) is 5.06. The van der Waals surface area contributed by atoms with E-state index < -0.39 is 0 Å². The van der Waals surface area contributed by atoms with Gasteiger partial charge in [0, 0.05) is 31.3 Å². The van der Waals surface area contributed by atoms with Crippen LogP contribution in [0.25, 0.3) is 0 Å². The third-order valence-corrected chi connectivity index (χ3v) is 5.13. The first kappa shape index (κ1) is 20.3. The van der Waals surface area contributed by atoms with Crippen LogP contribution in [-0.2, 0) is 4.79 Å². The van der Waals surface area contributed by atoms with E-state index in [1.165, 1.54) is 0 Å². The monoisotopic (exact) mass is 390 g/mol. The second-order valence-electron chi connectivity index (χ2n) is 7.01. The van der Waals surface area contributed by atoms with Crippen LogP contribution in [0.2, 0.25) is 0 Å². The number of fused-ring (bicyclic) bond motifs is 1. The average molecular weight is 390 g/mol. The molecule has 154 valence electrons. The highest BCUT2D eigenvalue weighted by molar-refractivity contribution is 5.97. The van der Waals surface area contributed by atoms with Crippen LogP contribution in [0.1, 0.15) is 26.7 Å². The number of urea groups is 1. The van der Waals surface area contributed by atoms with Crippen molar-refractivity contribution < 1.29 is 19.1 Å². The highest BCUT2D eigenvalue weighted by atomic mass is 16.6. The molecule has 2 aliphatic heterocycles. The standard InChI is InChI=1S/C20H30N4O4/c1-3-23(4-2)9-5-8-21-20(26)22-15-12-19(25)24(14-15)16-6-7-17-18(13-16)28-11-10-27-17/h6-7,13,15H,3-5,8-12,14H2,1-2H3,(H2,21,22,26)/t15-/m1/s1. The van der Waals surface area contributed by atoms with Crippen LogP contribution in [0.4, 0.5) is 10.5 Å². The van der Waals surface area contributed by atoms with Gasteiger partial charge in [0.15, 0.2) is 11.5 Å². The van der Waals surface area contributed by atoms with E-state index >= 15 is 0 Å². The Morgan fingerprint density at radius 2 is 1.96 bits per heavy atom. The van der Waals surface area contributed by atoms with Gasteiger partial charge < -0.3 is 29.9 Å². The Morgan fingerprint density at radius 1 is 1.21 bits per heavy atom. The van der Waals surface area contributed by atoms with Gasteiger partial charge in [0.2, 0.25) is 5.91 Å². The van der Waals surface area contributed by atoms with Gasteiger partial charge in [0.05, 0.1) is 6.04 Å². The van der Waals surface area contributed by atoms with E-state index in [2.05, 4.69) is 29.4 Å². The summed E-state index contributed by atoms with van der Waals surface area (Å²) in [6.45, 7) is 9.37. The van der Waals surface area contributed by atoms with Gasteiger partial charge in [0.25, 0.3) is 0 Å². The van der Waals surface area contributed by atoms with Crippen molar-refractivity contribution in [3.05, 3.63) is 18.2 Å². The van der Waals surface area contributed by atoms with Crippen LogP contribution >= 0.6 is 0 Å². The van der Waals surface area contributed by atoms with Crippen LogP contribution in [-0.4, -0.2) is 68.8 Å². The van der Waals surface area contributed by atoms with Crippen LogP contribution < -0.4 is 25.0 Å². The van der Waals surface area contributed by atoms with Gasteiger partial charge in [-0.3, -0.25) is 4.79 Å². The summed E-state index contributed by atoms with van der Waals surface area (Å²) in [7, 11) is 0. The SMILES string of the molecule is CCN(CC)CCCNC(=O)N[C@@H]1CC(=O)N(c2ccc3c(c2)OCCO3)C1. The van der Waals surface area contributed by atoms with Gasteiger partial charge in [0.1, 0.15) is 13.2 Å². The lowest BCUT2D eigenvalue weighted by Gasteiger charge is -2.22. The van der Waals surface area contributed by atoms with Crippen LogP contribution in [0.5, 0.6) is 11.5 Å². The Morgan fingerprint density at radius 3 is 2.71 bits per heavy atom. The molecular weight excluding hydrogens is 360 g/mol. The second kappa shape index (κ2) is 9.64. The first-order valence-electron chi connectivity index (χ1n) is 10.1. The van der Waals surface area contributed by atoms with Crippen molar-refractivity contribution in [2.45, 2.75) is 32.7 Å². The molecule has 8 heteroatoms. The molecule has 0 bridgehead atoms. The Bertz CT molecular complexity index is 693. The molecule has 1 aromatic rings. The number of ether oxygens (including phenoxy) is 2. The van der Waals surface area contributed by atoms with Crippen molar-refractivity contribution in [2.24, 2.45) is 0 Å². The summed E-state index contributed by atoms with van der Waals surface area (Å²) in [5.74, 6) is 1.34. The van der Waals surface area contributed by atoms with E-state index in [0.29, 0.717) is 44.2 Å². The number of nitrogens with zero attached hydrogens (tertiary/aromatic N) is 2. The number of anilines is 1. The molecule has 1 aromatic carbocycles. The predicted molar refractivity (Wildman–Crippen MR) is 107 cm³/mol. The number of carbonyl (C=O) groups excluding carboxylic acids is 2. The third kappa shape index (κ3) is 5.07. The van der Waals surface area contributed by atoms with E-state index in [4.69, 9.17) is 9.47 Å². The van der Waals surface area contributed by atoms with Gasteiger partial charge in [-0.1, -0.05) is 13.8 Å². The molecule has 2 heterocycles. The number of benzene rings is 1. The maximum Gasteiger partial charge on any atom is 0.315 e. The Labute approximate surface area is 166 Å². The number of carbonyl (C=O) groups is 2. The molecule has 3 rings (SSSR count). The fraction of sp³-hybridized carbons (Fsp3) is 0.600. The minimum Gasteiger partial charge on any atom is -0.486 e. The first-order chi connectivity index (χ1) is 13.6. The van der Waals surface area contributed by atoms with E-state index in [1.807, 2.05) is 18.2 Å². The topological polar surface area (TPSA) is 83.1 Å². The zero-order chi connectivity index (χ0) is 19.9. The summed E-state index contributed by atoms with van der Waals surface area (Å²) in [6.07, 6.45) is 1.20. The summed E-state index contributed by atoms with van der Waals surface area (Å²) in [5, 5.41) is 5.79. The number of amides is 3. The summed E-state index contributed by atoms with van der Waals surface area (Å²) in [4.78, 5) is 28.5. The average Bonchev–Trinajstić information content (AvgIpc) is 3.07. The normalized spacial score (nSPS) is 18.5. The number of hydrogen-bond donors (Lipinski definition) is 2. The maximum atomic E-state index is 12.4. The molecule has 0 aromatic heterocycles. The summed E-state index contributed by atoms with van der Waals surface area (Å²) < 4.78 is 11.1. The van der Waals surface area contributed by atoms with Gasteiger partial charge >= 0.3 is 6.03 Å². The first-order valence-corrected chi connectivity index (χ1v) is 10.1. The highest BCUT2D eigenvalue weighted by Crippen LogP contribution is 2.35. The van der Waals surface area contributed by atoms with Crippen LogP contribution in [0.15, 0.2) is 18.2 Å². The van der Waals surface area contributed by atoms with Crippen molar-refractivity contribution in [1.29, 1.82) is 0 Å². The fourth-order valence-electron chi connectivity index (χ4n) is 3.53. The lowest BCUT2D eigenvalue weighted by atomic mass is 10.2. The van der Waals surface area contributed by atoms with E-state index in [9.17, 15) is 9.59 Å². The molecule has 0 radical (unpaired) electrons. The minimum absolute atomic E-state index is 0.0106. The summed E-state index contributed by atoms with van der Waals surface area (Å²) in [5.41, 5.74) is 0.762. The molecule has 1 atom stereocenters. The predicted octanol–water partition coefficient (Wildman–Crippen LogP) is 1.59. The maximum absolute atomic E-state index is 12.4. The van der Waals surface area contributed by atoms with Crippen molar-refractivity contribution >= 4 is 17.6 Å². The molecule has 1 fully saturated rings. The quantitative estimate of drug-likeness (QED) is 0.659. The van der Waals surface area contributed by atoms with Crippen molar-refractivity contribution in [3.63, 3.8) is 0 Å². The molecule has 28 heavy (non-hydrogen) atoms. The van der Waals surface area contributed by atoms with Gasteiger partial charge in [-0.05, 0) is 38.2 Å². The van der Waals surface area contributed by atoms with E-state index in [1.54, 1.807) is 4.90 Å². The Kier molecular flexibility index (Phi) is 6.97. The number of nitrogens with one attached hydrogen (secondary N) is 2. The lowest BCUT2D eigenvalue weighted by Crippen LogP contribution is -2.44. The van der Waals surface area contributed by atoms with Crippen molar-refractivity contribution in [3.8, 4) is 11.5 Å². The molecule has 0 spiro atoms. The molecular formula is C20H30N4O4. The fourth-order valence-corrected chi connectivity index (χ4v) is 3.53. The molecule has 0 saturated carbocycles. The van der Waals surface area contributed by atoms with Crippen LogP contribution in [0, 0.1) is 0 Å². The summed E-state index contributed by atoms with van der Waals surface area (Å²) >= 11 is 0.